The number of H-pyrrole nitrogens is 1. The quantitative estimate of drug-likeness (QED) is 0.243. The molecular weight excluding hydrogens is 448 g/mol. The highest BCUT2D eigenvalue weighted by Gasteiger charge is 2.28. The maximum absolute atomic E-state index is 13.6. The van der Waals surface area contributed by atoms with Crippen LogP contribution in [0.1, 0.15) is 31.8 Å². The number of rotatable bonds is 5. The number of aromatic carboxylic acids is 1. The van der Waals surface area contributed by atoms with Crippen LogP contribution in [0.15, 0.2) is 87.8 Å². The summed E-state index contributed by atoms with van der Waals surface area (Å²) in [6, 6.07) is 19.3. The third-order valence-electron chi connectivity index (χ3n) is 5.65. The zero-order valence-electron chi connectivity index (χ0n) is 18.4. The van der Waals surface area contributed by atoms with E-state index in [1.807, 2.05) is 6.92 Å². The minimum absolute atomic E-state index is 0.0537. The highest BCUT2D eigenvalue weighted by molar-refractivity contribution is 6.17. The molecule has 5 aromatic rings. The fourth-order valence-corrected chi connectivity index (χ4v) is 3.89. The first-order chi connectivity index (χ1) is 16.8. The topological polar surface area (TPSA) is 137 Å². The van der Waals surface area contributed by atoms with Crippen molar-refractivity contribution < 1.29 is 19.8 Å². The molecule has 5 rings (SSSR count). The van der Waals surface area contributed by atoms with E-state index < -0.39 is 23.2 Å². The number of hydrogen-bond donors (Lipinski definition) is 3. The second-order valence-electron chi connectivity index (χ2n) is 7.95. The van der Waals surface area contributed by atoms with Gasteiger partial charge < -0.3 is 15.2 Å². The predicted molar refractivity (Wildman–Crippen MR) is 129 cm³/mol. The van der Waals surface area contributed by atoms with Gasteiger partial charge in [0.15, 0.2) is 11.5 Å². The number of hydrogen-bond acceptors (Lipinski definition) is 6. The molecule has 0 unspecified atom stereocenters. The van der Waals surface area contributed by atoms with E-state index in [-0.39, 0.29) is 22.3 Å². The Kier molecular flexibility index (Phi) is 5.21. The number of ketones is 1. The molecule has 3 N–H and O–H groups in total. The fraction of sp³-hybridized carbons (Fsp3) is 0.0385. The van der Waals surface area contributed by atoms with Gasteiger partial charge in [-0.25, -0.2) is 4.79 Å². The van der Waals surface area contributed by atoms with Gasteiger partial charge in [0.1, 0.15) is 5.52 Å². The van der Waals surface area contributed by atoms with Crippen molar-refractivity contribution in [1.82, 2.24) is 9.38 Å². The van der Waals surface area contributed by atoms with Crippen LogP contribution in [0.5, 0.6) is 5.88 Å². The summed E-state index contributed by atoms with van der Waals surface area (Å²) in [5.41, 5.74) is 1.72. The van der Waals surface area contributed by atoms with Crippen LogP contribution >= 0.6 is 0 Å². The van der Waals surface area contributed by atoms with Crippen LogP contribution in [0.4, 0.5) is 11.4 Å². The second kappa shape index (κ2) is 8.38. The molecule has 0 fully saturated rings. The number of carbonyl (C=O) groups is 2. The number of benzene rings is 3. The molecule has 0 saturated carbocycles. The van der Waals surface area contributed by atoms with Crippen LogP contribution < -0.4 is 5.56 Å². The summed E-state index contributed by atoms with van der Waals surface area (Å²) in [5, 5.41) is 28.5. The fourth-order valence-electron chi connectivity index (χ4n) is 3.89. The molecular formula is C26H18N4O5. The first-order valence-corrected chi connectivity index (χ1v) is 10.6. The first kappa shape index (κ1) is 21.8. The lowest BCUT2D eigenvalue weighted by molar-refractivity contribution is 0.0696. The van der Waals surface area contributed by atoms with Gasteiger partial charge in [-0.3, -0.25) is 14.0 Å². The number of nitrogens with zero attached hydrogens (tertiary/aromatic N) is 3. The van der Waals surface area contributed by atoms with E-state index in [1.54, 1.807) is 48.5 Å². The monoisotopic (exact) mass is 466 g/mol. The van der Waals surface area contributed by atoms with Crippen LogP contribution in [0.3, 0.4) is 0 Å². The van der Waals surface area contributed by atoms with E-state index in [0.717, 1.165) is 5.56 Å². The maximum atomic E-state index is 13.6. The molecule has 0 saturated heterocycles. The molecule has 0 radical (unpaired) electrons. The zero-order chi connectivity index (χ0) is 24.7. The average Bonchev–Trinajstić information content (AvgIpc) is 3.16. The molecule has 0 aliphatic carbocycles. The molecule has 35 heavy (non-hydrogen) atoms. The number of aromatic amines is 1. The van der Waals surface area contributed by atoms with E-state index in [2.05, 4.69) is 15.2 Å². The number of aromatic hydroxyl groups is 1. The van der Waals surface area contributed by atoms with Crippen LogP contribution in [-0.4, -0.2) is 31.4 Å². The Bertz CT molecular complexity index is 1710. The summed E-state index contributed by atoms with van der Waals surface area (Å²) < 4.78 is 1.29. The number of para-hydroxylation sites is 2. The Morgan fingerprint density at radius 2 is 1.54 bits per heavy atom. The minimum atomic E-state index is -1.08. The normalized spacial score (nSPS) is 11.5. The van der Waals surface area contributed by atoms with Crippen molar-refractivity contribution in [2.45, 2.75) is 6.92 Å². The summed E-state index contributed by atoms with van der Waals surface area (Å²) in [7, 11) is 0. The van der Waals surface area contributed by atoms with Gasteiger partial charge in [0, 0.05) is 5.56 Å². The molecule has 9 heteroatoms. The standard InChI is InChI=1S/C26H18N4O5/c1-14-6-8-15(9-7-14)23(31)20-21(29-28-17-12-10-16(11-13-17)26(34)35)25(33)30-19-5-3-2-4-18(19)27-24(32)22(20)30/h2-13,33H,1H3,(H,27,32)(H,34,35). The van der Waals surface area contributed by atoms with Crippen molar-refractivity contribution in [2.24, 2.45) is 10.2 Å². The first-order valence-electron chi connectivity index (χ1n) is 10.6. The number of aromatic nitrogens is 2. The smallest absolute Gasteiger partial charge is 0.335 e. The summed E-state index contributed by atoms with van der Waals surface area (Å²) >= 11 is 0. The Morgan fingerprint density at radius 1 is 0.886 bits per heavy atom. The second-order valence-corrected chi connectivity index (χ2v) is 7.95. The van der Waals surface area contributed by atoms with Crippen molar-refractivity contribution in [3.63, 3.8) is 0 Å². The van der Waals surface area contributed by atoms with E-state index in [4.69, 9.17) is 5.11 Å². The van der Waals surface area contributed by atoms with E-state index >= 15 is 0 Å². The number of azo groups is 1. The number of carboxylic acids is 1. The number of carboxylic acid groups (broad SMARTS) is 1. The molecule has 2 heterocycles. The van der Waals surface area contributed by atoms with Crippen molar-refractivity contribution in [3.8, 4) is 5.88 Å². The Labute approximate surface area is 197 Å². The summed E-state index contributed by atoms with van der Waals surface area (Å²) in [6.45, 7) is 1.89. The van der Waals surface area contributed by atoms with Gasteiger partial charge in [0.25, 0.3) is 5.56 Å². The lowest BCUT2D eigenvalue weighted by Crippen LogP contribution is -2.13. The summed E-state index contributed by atoms with van der Waals surface area (Å²) in [5.74, 6) is -2.00. The third kappa shape index (κ3) is 3.74. The molecule has 0 bridgehead atoms. The molecule has 2 aromatic heterocycles. The average molecular weight is 466 g/mol. The van der Waals surface area contributed by atoms with Gasteiger partial charge in [-0.1, -0.05) is 42.0 Å². The molecule has 0 spiro atoms. The summed E-state index contributed by atoms with van der Waals surface area (Å²) in [6.07, 6.45) is 0. The SMILES string of the molecule is Cc1ccc(C(=O)c2c(N=Nc3ccc(C(=O)O)cc3)c(O)n3c2c(=O)[nH]c2ccccc23)cc1. The van der Waals surface area contributed by atoms with Crippen molar-refractivity contribution in [3.05, 3.63) is 105 Å². The molecule has 0 atom stereocenters. The molecule has 0 aliphatic heterocycles. The lowest BCUT2D eigenvalue weighted by Gasteiger charge is -2.04. The Hall–Kier alpha value is -5.05. The highest BCUT2D eigenvalue weighted by atomic mass is 16.4. The molecule has 9 nitrogen and oxygen atoms in total. The summed E-state index contributed by atoms with van der Waals surface area (Å²) in [4.78, 5) is 40.5. The largest absolute Gasteiger partial charge is 0.493 e. The van der Waals surface area contributed by atoms with Crippen LogP contribution in [-0.2, 0) is 0 Å². The van der Waals surface area contributed by atoms with Crippen molar-refractivity contribution in [1.29, 1.82) is 0 Å². The minimum Gasteiger partial charge on any atom is -0.493 e. The van der Waals surface area contributed by atoms with Crippen molar-refractivity contribution >= 4 is 39.7 Å². The highest BCUT2D eigenvalue weighted by Crippen LogP contribution is 2.39. The number of aryl methyl sites for hydroxylation is 1. The van der Waals surface area contributed by atoms with Gasteiger partial charge in [-0.05, 0) is 43.3 Å². The number of carbonyl (C=O) groups excluding carboxylic acids is 1. The van der Waals surface area contributed by atoms with Crippen LogP contribution in [0, 0.1) is 6.92 Å². The lowest BCUT2D eigenvalue weighted by atomic mass is 10.0. The van der Waals surface area contributed by atoms with Crippen molar-refractivity contribution in [2.75, 3.05) is 0 Å². The van der Waals surface area contributed by atoms with Gasteiger partial charge >= 0.3 is 5.97 Å². The van der Waals surface area contributed by atoms with Gasteiger partial charge in [-0.2, -0.15) is 5.11 Å². The van der Waals surface area contributed by atoms with Crippen LogP contribution in [0.2, 0.25) is 0 Å². The van der Waals surface area contributed by atoms with E-state index in [0.29, 0.717) is 22.3 Å². The molecule has 0 amide bonds. The van der Waals surface area contributed by atoms with Gasteiger partial charge in [0.05, 0.1) is 27.8 Å². The predicted octanol–water partition coefficient (Wildman–Crippen LogP) is 5.14. The third-order valence-corrected chi connectivity index (χ3v) is 5.65. The van der Waals surface area contributed by atoms with Gasteiger partial charge in [-0.15, -0.1) is 5.11 Å². The molecule has 0 aliphatic rings. The Morgan fingerprint density at radius 3 is 2.23 bits per heavy atom. The van der Waals surface area contributed by atoms with E-state index in [1.165, 1.54) is 28.7 Å². The molecule has 3 aromatic carbocycles. The maximum Gasteiger partial charge on any atom is 0.335 e. The molecule has 172 valence electrons. The van der Waals surface area contributed by atoms with E-state index in [9.17, 15) is 19.5 Å². The number of fused-ring (bicyclic) bond motifs is 3. The van der Waals surface area contributed by atoms with Gasteiger partial charge in [0.2, 0.25) is 5.88 Å². The van der Waals surface area contributed by atoms with Crippen LogP contribution in [0.25, 0.3) is 16.6 Å². The number of nitrogens with one attached hydrogen (secondary N) is 1. The zero-order valence-corrected chi connectivity index (χ0v) is 18.4. The Balaban J connectivity index is 1.77.